The van der Waals surface area contributed by atoms with E-state index in [1.54, 1.807) is 26.0 Å². The van der Waals surface area contributed by atoms with E-state index in [0.717, 1.165) is 29.8 Å². The number of likely N-dealkylation sites (N-methyl/N-ethyl adjacent to an activating group) is 1. The molecule has 6 nitrogen and oxygen atoms in total. The Bertz CT molecular complexity index is 981. The molecule has 1 aromatic rings. The lowest BCUT2D eigenvalue weighted by molar-refractivity contribution is 0.333. The number of aromatic hydroxyl groups is 1. The molecule has 0 unspecified atom stereocenters. The smallest absolute Gasteiger partial charge is 0.271 e. The van der Waals surface area contributed by atoms with E-state index >= 15 is 0 Å². The van der Waals surface area contributed by atoms with E-state index in [1.165, 1.54) is 4.57 Å². The normalized spacial score (nSPS) is 16.7. The van der Waals surface area contributed by atoms with E-state index in [-0.39, 0.29) is 18.0 Å². The number of pyridine rings is 1. The summed E-state index contributed by atoms with van der Waals surface area (Å²) >= 11 is 0. The van der Waals surface area contributed by atoms with Crippen LogP contribution in [-0.2, 0) is 6.54 Å². The first-order valence-electron chi connectivity index (χ1n) is 8.95. The summed E-state index contributed by atoms with van der Waals surface area (Å²) in [5, 5.41) is 29.1. The number of nitriles is 2. The summed E-state index contributed by atoms with van der Waals surface area (Å²) in [7, 11) is 0. The zero-order chi connectivity index (χ0) is 20.1. The summed E-state index contributed by atoms with van der Waals surface area (Å²) in [5.41, 5.74) is 3.25. The summed E-state index contributed by atoms with van der Waals surface area (Å²) in [6, 6.07) is 4.21. The maximum absolute atomic E-state index is 12.2. The zero-order valence-corrected chi connectivity index (χ0v) is 16.2. The maximum Gasteiger partial charge on any atom is 0.271 e. The van der Waals surface area contributed by atoms with Crippen LogP contribution in [0.2, 0.25) is 0 Å². The van der Waals surface area contributed by atoms with Crippen LogP contribution in [0.4, 0.5) is 0 Å². The molecule has 1 aromatic heterocycles. The molecule has 2 rings (SSSR count). The van der Waals surface area contributed by atoms with Crippen molar-refractivity contribution in [3.05, 3.63) is 55.9 Å². The van der Waals surface area contributed by atoms with Crippen molar-refractivity contribution in [2.45, 2.75) is 34.2 Å². The number of rotatable bonds is 4. The van der Waals surface area contributed by atoms with Gasteiger partial charge in [0.1, 0.15) is 11.6 Å². The Hall–Kier alpha value is -3.09. The van der Waals surface area contributed by atoms with Crippen molar-refractivity contribution >= 4 is 6.08 Å². The monoisotopic (exact) mass is 364 g/mol. The summed E-state index contributed by atoms with van der Waals surface area (Å²) < 4.78 is 1.19. The van der Waals surface area contributed by atoms with Gasteiger partial charge in [0.15, 0.2) is 0 Å². The van der Waals surface area contributed by atoms with Crippen molar-refractivity contribution in [2.24, 2.45) is 0 Å². The molecule has 0 saturated carbocycles. The van der Waals surface area contributed by atoms with Gasteiger partial charge in [0.2, 0.25) is 5.88 Å². The topological polar surface area (TPSA) is 93.1 Å². The van der Waals surface area contributed by atoms with Gasteiger partial charge in [-0.3, -0.25) is 14.3 Å². The summed E-state index contributed by atoms with van der Waals surface area (Å²) in [5.74, 6) is -0.141. The van der Waals surface area contributed by atoms with Crippen molar-refractivity contribution in [3.63, 3.8) is 0 Å². The van der Waals surface area contributed by atoms with Gasteiger partial charge in [-0.25, -0.2) is 0 Å². The van der Waals surface area contributed by atoms with Crippen LogP contribution in [0.1, 0.15) is 37.5 Å². The lowest BCUT2D eigenvalue weighted by Gasteiger charge is -2.28. The molecule has 1 N–H and O–H groups in total. The van der Waals surface area contributed by atoms with Gasteiger partial charge in [0.25, 0.3) is 5.56 Å². The van der Waals surface area contributed by atoms with Crippen molar-refractivity contribution in [2.75, 3.05) is 19.6 Å². The Morgan fingerprint density at radius 3 is 2.41 bits per heavy atom. The zero-order valence-electron chi connectivity index (χ0n) is 16.2. The Balaban J connectivity index is 2.50. The van der Waals surface area contributed by atoms with Gasteiger partial charge in [-0.1, -0.05) is 19.1 Å². The standard InChI is InChI=1S/C21H24N4O2/c1-5-24-12-16(14(3)17(10-22)13-24)8-7-9-18-15(4)19(11-23)21(27)25(6-2)20(18)26/h7-9,26H,5-6,12-13H2,1-4H3. The molecule has 0 atom stereocenters. The fourth-order valence-electron chi connectivity index (χ4n) is 3.20. The lowest BCUT2D eigenvalue weighted by atomic mass is 9.96. The van der Waals surface area contributed by atoms with E-state index in [2.05, 4.69) is 17.9 Å². The fraction of sp³-hybridized carbons (Fsp3) is 0.381. The molecule has 27 heavy (non-hydrogen) atoms. The van der Waals surface area contributed by atoms with Crippen molar-refractivity contribution in [3.8, 4) is 18.0 Å². The first kappa shape index (κ1) is 20.2. The molecule has 0 saturated heterocycles. The van der Waals surface area contributed by atoms with Crippen molar-refractivity contribution in [1.29, 1.82) is 10.5 Å². The second-order valence-corrected chi connectivity index (χ2v) is 6.47. The number of nitrogens with zero attached hydrogens (tertiary/aromatic N) is 4. The average molecular weight is 364 g/mol. The molecule has 0 spiro atoms. The van der Waals surface area contributed by atoms with Crippen LogP contribution in [0.5, 0.6) is 5.88 Å². The van der Waals surface area contributed by atoms with E-state index in [1.807, 2.05) is 19.1 Å². The number of aromatic nitrogens is 1. The molecule has 0 radical (unpaired) electrons. The highest BCUT2D eigenvalue weighted by Gasteiger charge is 2.19. The SMILES string of the molecule is CCN1CC(=CC=Cc2c(C)c(C#N)c(=O)n(CC)c2O)C(C)=C(C#N)C1. The Morgan fingerprint density at radius 1 is 1.15 bits per heavy atom. The van der Waals surface area contributed by atoms with Gasteiger partial charge in [-0.2, -0.15) is 10.5 Å². The highest BCUT2D eigenvalue weighted by atomic mass is 16.3. The van der Waals surface area contributed by atoms with Gasteiger partial charge in [-0.05, 0) is 50.1 Å². The van der Waals surface area contributed by atoms with Gasteiger partial charge in [0.05, 0.1) is 6.07 Å². The molecular formula is C21H24N4O2. The molecule has 140 valence electrons. The first-order valence-corrected chi connectivity index (χ1v) is 8.95. The fourth-order valence-corrected chi connectivity index (χ4v) is 3.20. The minimum Gasteiger partial charge on any atom is -0.494 e. The van der Waals surface area contributed by atoms with E-state index in [0.29, 0.717) is 17.7 Å². The van der Waals surface area contributed by atoms with Gasteiger partial charge in [0, 0.05) is 30.8 Å². The molecule has 2 heterocycles. The van der Waals surface area contributed by atoms with Crippen LogP contribution < -0.4 is 5.56 Å². The third-order valence-electron chi connectivity index (χ3n) is 5.02. The highest BCUT2D eigenvalue weighted by molar-refractivity contribution is 5.63. The van der Waals surface area contributed by atoms with Crippen LogP contribution in [0, 0.1) is 29.6 Å². The summed E-state index contributed by atoms with van der Waals surface area (Å²) in [6.07, 6.45) is 5.41. The molecule has 0 aromatic carbocycles. The Kier molecular flexibility index (Phi) is 6.39. The predicted molar refractivity (Wildman–Crippen MR) is 105 cm³/mol. The second-order valence-electron chi connectivity index (χ2n) is 6.47. The molecule has 1 aliphatic heterocycles. The van der Waals surface area contributed by atoms with E-state index in [9.17, 15) is 20.4 Å². The molecule has 6 heteroatoms. The number of hydrogen-bond donors (Lipinski definition) is 1. The van der Waals surface area contributed by atoms with Crippen LogP contribution in [0.25, 0.3) is 6.08 Å². The third-order valence-corrected chi connectivity index (χ3v) is 5.02. The van der Waals surface area contributed by atoms with E-state index < -0.39 is 5.56 Å². The molecule has 1 aliphatic rings. The highest BCUT2D eigenvalue weighted by Crippen LogP contribution is 2.25. The van der Waals surface area contributed by atoms with Crippen LogP contribution in [0.3, 0.4) is 0 Å². The van der Waals surface area contributed by atoms with Gasteiger partial charge < -0.3 is 5.11 Å². The minimum atomic E-state index is -0.478. The summed E-state index contributed by atoms with van der Waals surface area (Å²) in [6.45, 7) is 9.94. The Labute approximate surface area is 159 Å². The third kappa shape index (κ3) is 3.86. The summed E-state index contributed by atoms with van der Waals surface area (Å²) in [4.78, 5) is 14.4. The molecule has 0 aliphatic carbocycles. The lowest BCUT2D eigenvalue weighted by Crippen LogP contribution is -2.32. The predicted octanol–water partition coefficient (Wildman–Crippen LogP) is 2.87. The van der Waals surface area contributed by atoms with Crippen LogP contribution >= 0.6 is 0 Å². The van der Waals surface area contributed by atoms with Crippen molar-refractivity contribution < 1.29 is 5.11 Å². The Morgan fingerprint density at radius 2 is 1.85 bits per heavy atom. The van der Waals surface area contributed by atoms with E-state index in [4.69, 9.17) is 0 Å². The van der Waals surface area contributed by atoms with Gasteiger partial charge in [-0.15, -0.1) is 0 Å². The van der Waals surface area contributed by atoms with Gasteiger partial charge >= 0.3 is 0 Å². The molecule has 0 amide bonds. The quantitative estimate of drug-likeness (QED) is 0.887. The molecular weight excluding hydrogens is 340 g/mol. The number of hydrogen-bond acceptors (Lipinski definition) is 5. The minimum absolute atomic E-state index is 0.0413. The molecule has 0 bridgehead atoms. The van der Waals surface area contributed by atoms with Crippen molar-refractivity contribution in [1.82, 2.24) is 9.47 Å². The number of allylic oxidation sites excluding steroid dienone is 2. The van der Waals surface area contributed by atoms with Crippen LogP contribution in [-0.4, -0.2) is 34.2 Å². The maximum atomic E-state index is 12.2. The first-order chi connectivity index (χ1) is 12.9. The second kappa shape index (κ2) is 8.53. The molecule has 0 fully saturated rings. The largest absolute Gasteiger partial charge is 0.494 e. The average Bonchev–Trinajstić information content (AvgIpc) is 2.66. The van der Waals surface area contributed by atoms with Crippen LogP contribution in [0.15, 0.2) is 33.7 Å².